The minimum absolute atomic E-state index is 0.147. The Bertz CT molecular complexity index is 339. The van der Waals surface area contributed by atoms with E-state index in [0.717, 1.165) is 6.42 Å². The van der Waals surface area contributed by atoms with E-state index in [1.165, 1.54) is 6.07 Å². The molecule has 1 heterocycles. The first-order valence-electron chi connectivity index (χ1n) is 5.11. The number of nitrogens with one attached hydrogen (secondary N) is 1. The lowest BCUT2D eigenvalue weighted by Crippen LogP contribution is -2.16. The highest BCUT2D eigenvalue weighted by atomic mass is 16.3. The molecule has 1 rings (SSSR count). The lowest BCUT2D eigenvalue weighted by Gasteiger charge is -2.10. The van der Waals surface area contributed by atoms with Gasteiger partial charge in [-0.2, -0.15) is 0 Å². The van der Waals surface area contributed by atoms with Crippen molar-refractivity contribution in [1.82, 2.24) is 10.2 Å². The second-order valence-electron chi connectivity index (χ2n) is 3.67. The van der Waals surface area contributed by atoms with Crippen molar-refractivity contribution in [3.05, 3.63) is 17.8 Å². The molecule has 0 aliphatic rings. The van der Waals surface area contributed by atoms with E-state index >= 15 is 0 Å². The third kappa shape index (κ3) is 3.82. The predicted molar refractivity (Wildman–Crippen MR) is 59.9 cm³/mol. The molecule has 0 fully saturated rings. The van der Waals surface area contributed by atoms with Crippen molar-refractivity contribution in [1.29, 1.82) is 0 Å². The van der Waals surface area contributed by atoms with Crippen LogP contribution in [-0.4, -0.2) is 34.4 Å². The summed E-state index contributed by atoms with van der Waals surface area (Å²) in [6.07, 6.45) is 0.736. The SMILES string of the molecule is CC(CCO)CNc1ccc(C(N)=O)nn1. The predicted octanol–water partition coefficient (Wildman–Crippen LogP) is 0.00590. The van der Waals surface area contributed by atoms with E-state index < -0.39 is 5.91 Å². The second kappa shape index (κ2) is 6.02. The number of primary amides is 1. The molecule has 0 bridgehead atoms. The van der Waals surface area contributed by atoms with Crippen molar-refractivity contribution < 1.29 is 9.90 Å². The number of hydrogen-bond acceptors (Lipinski definition) is 5. The lowest BCUT2D eigenvalue weighted by molar-refractivity contribution is 0.0994. The molecular weight excluding hydrogens is 208 g/mol. The zero-order chi connectivity index (χ0) is 12.0. The van der Waals surface area contributed by atoms with Crippen LogP contribution in [0.2, 0.25) is 0 Å². The van der Waals surface area contributed by atoms with Crippen molar-refractivity contribution in [3.8, 4) is 0 Å². The molecular formula is C10H16N4O2. The van der Waals surface area contributed by atoms with Crippen molar-refractivity contribution in [2.45, 2.75) is 13.3 Å². The van der Waals surface area contributed by atoms with E-state index in [9.17, 15) is 4.79 Å². The van der Waals surface area contributed by atoms with E-state index in [-0.39, 0.29) is 12.3 Å². The van der Waals surface area contributed by atoms with E-state index in [0.29, 0.717) is 18.3 Å². The number of aliphatic hydroxyl groups is 1. The molecule has 1 aromatic heterocycles. The fourth-order valence-corrected chi connectivity index (χ4v) is 1.16. The van der Waals surface area contributed by atoms with Crippen LogP contribution in [0.3, 0.4) is 0 Å². The number of rotatable bonds is 6. The molecule has 1 atom stereocenters. The molecule has 0 aliphatic heterocycles. The van der Waals surface area contributed by atoms with Gasteiger partial charge < -0.3 is 16.2 Å². The topological polar surface area (TPSA) is 101 Å². The zero-order valence-corrected chi connectivity index (χ0v) is 9.18. The fourth-order valence-electron chi connectivity index (χ4n) is 1.16. The molecule has 88 valence electrons. The Hall–Kier alpha value is -1.69. The Morgan fingerprint density at radius 3 is 2.81 bits per heavy atom. The molecule has 0 radical (unpaired) electrons. The molecule has 0 saturated carbocycles. The molecule has 16 heavy (non-hydrogen) atoms. The van der Waals surface area contributed by atoms with Crippen LogP contribution in [0.25, 0.3) is 0 Å². The number of amides is 1. The van der Waals surface area contributed by atoms with Crippen molar-refractivity contribution in [2.24, 2.45) is 11.7 Å². The first kappa shape index (κ1) is 12.4. The van der Waals surface area contributed by atoms with Gasteiger partial charge in [0, 0.05) is 13.2 Å². The first-order chi connectivity index (χ1) is 7.63. The van der Waals surface area contributed by atoms with Gasteiger partial charge in [-0.15, -0.1) is 10.2 Å². The van der Waals surface area contributed by atoms with Crippen LogP contribution in [0, 0.1) is 5.92 Å². The summed E-state index contributed by atoms with van der Waals surface area (Å²) >= 11 is 0. The standard InChI is InChI=1S/C10H16N4O2/c1-7(4-5-15)6-12-9-3-2-8(10(11)16)13-14-9/h2-3,7,15H,4-6H2,1H3,(H2,11,16)(H,12,14). The van der Waals surface area contributed by atoms with Crippen molar-refractivity contribution >= 4 is 11.7 Å². The summed E-state index contributed by atoms with van der Waals surface area (Å²) in [5.74, 6) is 0.352. The molecule has 1 amide bonds. The average Bonchev–Trinajstić information content (AvgIpc) is 2.27. The molecule has 0 saturated heterocycles. The summed E-state index contributed by atoms with van der Waals surface area (Å²) in [4.78, 5) is 10.7. The highest BCUT2D eigenvalue weighted by Gasteiger charge is 2.04. The van der Waals surface area contributed by atoms with Crippen LogP contribution in [0.5, 0.6) is 0 Å². The Labute approximate surface area is 93.9 Å². The van der Waals surface area contributed by atoms with Gasteiger partial charge in [0.1, 0.15) is 5.82 Å². The molecule has 4 N–H and O–H groups in total. The highest BCUT2D eigenvalue weighted by Crippen LogP contribution is 2.05. The molecule has 1 unspecified atom stereocenters. The zero-order valence-electron chi connectivity index (χ0n) is 9.18. The Morgan fingerprint density at radius 2 is 2.31 bits per heavy atom. The summed E-state index contributed by atoms with van der Waals surface area (Å²) < 4.78 is 0. The number of anilines is 1. The van der Waals surface area contributed by atoms with E-state index in [2.05, 4.69) is 15.5 Å². The Balaban J connectivity index is 2.46. The Morgan fingerprint density at radius 1 is 1.56 bits per heavy atom. The van der Waals surface area contributed by atoms with E-state index in [1.807, 2.05) is 6.92 Å². The first-order valence-corrected chi connectivity index (χ1v) is 5.11. The molecule has 0 aliphatic carbocycles. The quantitative estimate of drug-likeness (QED) is 0.631. The Kier molecular flexibility index (Phi) is 4.65. The van der Waals surface area contributed by atoms with Gasteiger partial charge in [-0.1, -0.05) is 6.92 Å². The third-order valence-corrected chi connectivity index (χ3v) is 2.17. The average molecular weight is 224 g/mol. The molecule has 6 nitrogen and oxygen atoms in total. The van der Waals surface area contributed by atoms with E-state index in [1.54, 1.807) is 6.07 Å². The second-order valence-corrected chi connectivity index (χ2v) is 3.67. The minimum atomic E-state index is -0.590. The van der Waals surface area contributed by atoms with Gasteiger partial charge in [-0.25, -0.2) is 0 Å². The number of aliphatic hydroxyl groups excluding tert-OH is 1. The number of carbonyl (C=O) groups excluding carboxylic acids is 1. The van der Waals surface area contributed by atoms with Gasteiger partial charge in [-0.3, -0.25) is 4.79 Å². The van der Waals surface area contributed by atoms with Crippen LogP contribution in [0.4, 0.5) is 5.82 Å². The smallest absolute Gasteiger partial charge is 0.269 e. The summed E-state index contributed by atoms with van der Waals surface area (Å²) in [6, 6.07) is 3.17. The third-order valence-electron chi connectivity index (χ3n) is 2.17. The van der Waals surface area contributed by atoms with E-state index in [4.69, 9.17) is 10.8 Å². The van der Waals surface area contributed by atoms with Crippen LogP contribution >= 0.6 is 0 Å². The summed E-state index contributed by atoms with van der Waals surface area (Å²) in [5.41, 5.74) is 5.18. The van der Waals surface area contributed by atoms with Gasteiger partial charge in [0.05, 0.1) is 0 Å². The summed E-state index contributed by atoms with van der Waals surface area (Å²) in [7, 11) is 0. The number of nitrogens with two attached hydrogens (primary N) is 1. The summed E-state index contributed by atoms with van der Waals surface area (Å²) in [6.45, 7) is 2.90. The van der Waals surface area contributed by atoms with Gasteiger partial charge in [0.25, 0.3) is 5.91 Å². The van der Waals surface area contributed by atoms with Crippen LogP contribution in [0.1, 0.15) is 23.8 Å². The van der Waals surface area contributed by atoms with Gasteiger partial charge in [-0.05, 0) is 24.5 Å². The van der Waals surface area contributed by atoms with Crippen LogP contribution in [0.15, 0.2) is 12.1 Å². The maximum atomic E-state index is 10.7. The van der Waals surface area contributed by atoms with Crippen LogP contribution in [-0.2, 0) is 0 Å². The minimum Gasteiger partial charge on any atom is -0.396 e. The number of aromatic nitrogens is 2. The number of carbonyl (C=O) groups is 1. The normalized spacial score (nSPS) is 12.1. The lowest BCUT2D eigenvalue weighted by atomic mass is 10.1. The maximum absolute atomic E-state index is 10.7. The maximum Gasteiger partial charge on any atom is 0.269 e. The molecule has 1 aromatic rings. The van der Waals surface area contributed by atoms with Crippen molar-refractivity contribution in [2.75, 3.05) is 18.5 Å². The summed E-state index contributed by atoms with van der Waals surface area (Å²) in [5, 5.41) is 19.3. The largest absolute Gasteiger partial charge is 0.396 e. The van der Waals surface area contributed by atoms with Crippen LogP contribution < -0.4 is 11.1 Å². The molecule has 0 spiro atoms. The van der Waals surface area contributed by atoms with Crippen molar-refractivity contribution in [3.63, 3.8) is 0 Å². The monoisotopic (exact) mass is 224 g/mol. The van der Waals surface area contributed by atoms with Gasteiger partial charge in [0.2, 0.25) is 0 Å². The van der Waals surface area contributed by atoms with Gasteiger partial charge >= 0.3 is 0 Å². The fraction of sp³-hybridized carbons (Fsp3) is 0.500. The van der Waals surface area contributed by atoms with Gasteiger partial charge in [0.15, 0.2) is 5.69 Å². The highest BCUT2D eigenvalue weighted by molar-refractivity contribution is 5.90. The number of nitrogens with zero attached hydrogens (tertiary/aromatic N) is 2. The number of hydrogen-bond donors (Lipinski definition) is 3. The molecule has 0 aromatic carbocycles. The molecule has 6 heteroatoms.